The lowest BCUT2D eigenvalue weighted by atomic mass is 9.96. The van der Waals surface area contributed by atoms with Crippen molar-refractivity contribution >= 4 is 22.7 Å². The minimum Gasteiger partial charge on any atom is -0.465 e. The Morgan fingerprint density at radius 3 is 2.69 bits per heavy atom. The van der Waals surface area contributed by atoms with Crippen LogP contribution in [0.15, 0.2) is 54.6 Å². The Hall–Kier alpha value is -3.67. The summed E-state index contributed by atoms with van der Waals surface area (Å²) in [6.07, 6.45) is 4.24. The fraction of sp³-hybridized carbons (Fsp3) is 0.269. The number of carbonyl (C=O) groups is 1. The maximum Gasteiger partial charge on any atom is 0.338 e. The van der Waals surface area contributed by atoms with E-state index in [9.17, 15) is 4.79 Å². The number of nitrogens with zero attached hydrogens (tertiary/aromatic N) is 3. The van der Waals surface area contributed by atoms with Crippen LogP contribution >= 0.6 is 0 Å². The molecule has 32 heavy (non-hydrogen) atoms. The van der Waals surface area contributed by atoms with E-state index in [4.69, 9.17) is 14.7 Å². The maximum absolute atomic E-state index is 12.3. The molecule has 0 spiro atoms. The van der Waals surface area contributed by atoms with E-state index >= 15 is 0 Å². The van der Waals surface area contributed by atoms with Crippen LogP contribution in [0.1, 0.15) is 45.7 Å². The van der Waals surface area contributed by atoms with Crippen molar-refractivity contribution < 1.29 is 9.53 Å². The van der Waals surface area contributed by atoms with E-state index in [0.717, 1.165) is 53.8 Å². The molecule has 0 bridgehead atoms. The van der Waals surface area contributed by atoms with Crippen molar-refractivity contribution in [1.29, 1.82) is 0 Å². The second-order valence-corrected chi connectivity index (χ2v) is 8.19. The number of hydrogen-bond donors (Lipinski definition) is 1. The van der Waals surface area contributed by atoms with Gasteiger partial charge < -0.3 is 10.1 Å². The predicted octanol–water partition coefficient (Wildman–Crippen LogP) is 5.01. The number of fused-ring (bicyclic) bond motifs is 2. The number of esters is 1. The van der Waals surface area contributed by atoms with E-state index in [1.807, 2.05) is 47.9 Å². The van der Waals surface area contributed by atoms with Gasteiger partial charge in [-0.25, -0.2) is 9.78 Å². The molecule has 6 heteroatoms. The zero-order chi connectivity index (χ0) is 22.1. The topological polar surface area (TPSA) is 69.0 Å². The summed E-state index contributed by atoms with van der Waals surface area (Å²) in [7, 11) is 1.41. The molecule has 0 unspecified atom stereocenters. The number of benzene rings is 2. The predicted molar refractivity (Wildman–Crippen MR) is 125 cm³/mol. The molecule has 0 atom stereocenters. The first kappa shape index (κ1) is 20.2. The Balaban J connectivity index is 1.62. The van der Waals surface area contributed by atoms with Gasteiger partial charge in [-0.15, -0.1) is 0 Å². The van der Waals surface area contributed by atoms with Crippen molar-refractivity contribution in [1.82, 2.24) is 14.5 Å². The number of ether oxygens (including phenoxy) is 1. The van der Waals surface area contributed by atoms with E-state index in [1.54, 1.807) is 6.07 Å². The molecule has 0 aliphatic heterocycles. The molecule has 0 fully saturated rings. The van der Waals surface area contributed by atoms with Gasteiger partial charge in [0, 0.05) is 23.2 Å². The molecule has 1 aliphatic carbocycles. The van der Waals surface area contributed by atoms with Crippen molar-refractivity contribution in [3.8, 4) is 5.95 Å². The highest BCUT2D eigenvalue weighted by atomic mass is 16.5. The minimum atomic E-state index is -0.343. The number of rotatable bonds is 5. The van der Waals surface area contributed by atoms with Gasteiger partial charge in [-0.1, -0.05) is 36.4 Å². The average Bonchev–Trinajstić information content (AvgIpc) is 3.18. The zero-order valence-electron chi connectivity index (χ0n) is 18.4. The third kappa shape index (κ3) is 3.62. The van der Waals surface area contributed by atoms with Crippen molar-refractivity contribution in [3.05, 3.63) is 82.7 Å². The van der Waals surface area contributed by atoms with Gasteiger partial charge in [0.2, 0.25) is 5.95 Å². The minimum absolute atomic E-state index is 0.343. The van der Waals surface area contributed by atoms with Gasteiger partial charge in [0.05, 0.1) is 23.9 Å². The highest BCUT2D eigenvalue weighted by molar-refractivity contribution is 6.04. The summed E-state index contributed by atoms with van der Waals surface area (Å²) in [6.45, 7) is 2.72. The molecule has 4 aromatic rings. The number of anilines is 1. The highest BCUT2D eigenvalue weighted by Gasteiger charge is 2.21. The molecule has 1 N–H and O–H groups in total. The van der Waals surface area contributed by atoms with Gasteiger partial charge in [-0.3, -0.25) is 4.57 Å². The van der Waals surface area contributed by atoms with E-state index < -0.39 is 0 Å². The molecule has 1 aliphatic rings. The lowest BCUT2D eigenvalue weighted by Crippen LogP contribution is -2.16. The molecule has 0 saturated heterocycles. The second kappa shape index (κ2) is 8.46. The lowest BCUT2D eigenvalue weighted by molar-refractivity contribution is 0.0603. The first-order valence-corrected chi connectivity index (χ1v) is 11.0. The van der Waals surface area contributed by atoms with Crippen molar-refractivity contribution in [2.75, 3.05) is 12.4 Å². The lowest BCUT2D eigenvalue weighted by Gasteiger charge is -2.21. The standard InChI is InChI=1S/C26H26N4O2/c1-17-15-21-19(25(31)32-2)12-8-14-23(21)30(17)26-28-22-13-7-6-11-20(22)24(29-26)27-16-18-9-4-3-5-10-18/h3-5,8-10,12,14-15H,6-7,11,13,16H2,1-2H3,(H,27,28,29). The molecular formula is C26H26N4O2. The van der Waals surface area contributed by atoms with Gasteiger partial charge in [0.15, 0.2) is 0 Å². The summed E-state index contributed by atoms with van der Waals surface area (Å²) >= 11 is 0. The largest absolute Gasteiger partial charge is 0.465 e. The number of aryl methyl sites for hydroxylation is 2. The van der Waals surface area contributed by atoms with E-state index in [1.165, 1.54) is 18.2 Å². The van der Waals surface area contributed by atoms with E-state index in [-0.39, 0.29) is 5.97 Å². The van der Waals surface area contributed by atoms with E-state index in [0.29, 0.717) is 18.1 Å². The zero-order valence-corrected chi connectivity index (χ0v) is 18.4. The number of aromatic nitrogens is 3. The molecule has 6 nitrogen and oxygen atoms in total. The highest BCUT2D eigenvalue weighted by Crippen LogP contribution is 2.30. The van der Waals surface area contributed by atoms with Crippen LogP contribution in [0, 0.1) is 6.92 Å². The molecule has 2 heterocycles. The van der Waals surface area contributed by atoms with Crippen molar-refractivity contribution in [2.45, 2.75) is 39.2 Å². The molecule has 0 radical (unpaired) electrons. The van der Waals surface area contributed by atoms with E-state index in [2.05, 4.69) is 17.4 Å². The number of nitrogens with one attached hydrogen (secondary N) is 1. The normalized spacial score (nSPS) is 13.1. The van der Waals surface area contributed by atoms with Crippen molar-refractivity contribution in [3.63, 3.8) is 0 Å². The Morgan fingerprint density at radius 2 is 1.88 bits per heavy atom. The molecule has 2 aromatic heterocycles. The quantitative estimate of drug-likeness (QED) is 0.455. The Kier molecular flexibility index (Phi) is 5.35. The SMILES string of the molecule is COC(=O)c1cccc2c1cc(C)n2-c1nc2c(c(NCc3ccccc3)n1)CCCC2. The van der Waals surface area contributed by atoms with Gasteiger partial charge in [0.1, 0.15) is 5.82 Å². The van der Waals surface area contributed by atoms with Gasteiger partial charge in [0.25, 0.3) is 0 Å². The number of methoxy groups -OCH3 is 1. The Morgan fingerprint density at radius 1 is 1.06 bits per heavy atom. The molecule has 162 valence electrons. The van der Waals surface area contributed by atoms with Gasteiger partial charge in [-0.05, 0) is 56.4 Å². The fourth-order valence-corrected chi connectivity index (χ4v) is 4.53. The molecule has 2 aromatic carbocycles. The van der Waals surface area contributed by atoms with Crippen LogP contribution in [0.4, 0.5) is 5.82 Å². The van der Waals surface area contributed by atoms with Crippen LogP contribution < -0.4 is 5.32 Å². The average molecular weight is 427 g/mol. The van der Waals surface area contributed by atoms with Crippen LogP contribution in [0.25, 0.3) is 16.9 Å². The monoisotopic (exact) mass is 426 g/mol. The molecule has 0 amide bonds. The Bertz CT molecular complexity index is 1290. The third-order valence-electron chi connectivity index (χ3n) is 6.11. The Labute approximate surface area is 187 Å². The summed E-state index contributed by atoms with van der Waals surface area (Å²) in [5.41, 5.74) is 5.97. The van der Waals surface area contributed by atoms with Crippen LogP contribution in [0.2, 0.25) is 0 Å². The van der Waals surface area contributed by atoms with Crippen LogP contribution in [0.5, 0.6) is 0 Å². The smallest absolute Gasteiger partial charge is 0.338 e. The van der Waals surface area contributed by atoms with Gasteiger partial charge in [-0.2, -0.15) is 4.98 Å². The second-order valence-electron chi connectivity index (χ2n) is 8.19. The van der Waals surface area contributed by atoms with Crippen LogP contribution in [-0.2, 0) is 24.1 Å². The van der Waals surface area contributed by atoms with Crippen LogP contribution in [-0.4, -0.2) is 27.6 Å². The van der Waals surface area contributed by atoms with Crippen molar-refractivity contribution in [2.24, 2.45) is 0 Å². The number of carbonyl (C=O) groups excluding carboxylic acids is 1. The van der Waals surface area contributed by atoms with Crippen LogP contribution in [0.3, 0.4) is 0 Å². The summed E-state index contributed by atoms with van der Waals surface area (Å²) in [5.74, 6) is 1.19. The summed E-state index contributed by atoms with van der Waals surface area (Å²) in [5, 5.41) is 4.40. The number of hydrogen-bond acceptors (Lipinski definition) is 5. The third-order valence-corrected chi connectivity index (χ3v) is 6.11. The maximum atomic E-state index is 12.3. The molecular weight excluding hydrogens is 400 g/mol. The molecule has 5 rings (SSSR count). The molecule has 0 saturated carbocycles. The van der Waals surface area contributed by atoms with Gasteiger partial charge >= 0.3 is 5.97 Å². The summed E-state index contributed by atoms with van der Waals surface area (Å²) < 4.78 is 7.01. The first-order valence-electron chi connectivity index (χ1n) is 11.0. The summed E-state index contributed by atoms with van der Waals surface area (Å²) in [4.78, 5) is 22.2. The summed E-state index contributed by atoms with van der Waals surface area (Å²) in [6, 6.07) is 18.0. The fourth-order valence-electron chi connectivity index (χ4n) is 4.53. The first-order chi connectivity index (χ1) is 15.7.